The molecule has 1 aliphatic carbocycles. The Balaban J connectivity index is 1.10. The van der Waals surface area contributed by atoms with Crippen LogP contribution in [0.5, 0.6) is 0 Å². The Morgan fingerprint density at radius 3 is 1.81 bits per heavy atom. The van der Waals surface area contributed by atoms with Gasteiger partial charge in [0.15, 0.2) is 0 Å². The number of rotatable bonds is 3. The Morgan fingerprint density at radius 1 is 0.417 bits per heavy atom. The Hall–Kier alpha value is -6.52. The minimum absolute atomic E-state index is 0.910. The molecular formula is C44H26N4. The summed E-state index contributed by atoms with van der Waals surface area (Å²) in [4.78, 5) is 9.81. The number of fused-ring (bicyclic) bond motifs is 9. The lowest BCUT2D eigenvalue weighted by molar-refractivity contribution is 1.08. The average Bonchev–Trinajstić information content (AvgIpc) is 3.78. The molecular weight excluding hydrogens is 585 g/mol. The number of hydrogen-bond acceptors (Lipinski definition) is 2. The summed E-state index contributed by atoms with van der Waals surface area (Å²) in [6.45, 7) is 0. The molecule has 0 aliphatic heterocycles. The fourth-order valence-corrected chi connectivity index (χ4v) is 8.04. The van der Waals surface area contributed by atoms with Crippen molar-refractivity contribution in [1.82, 2.24) is 19.1 Å². The first-order chi connectivity index (χ1) is 23.8. The maximum absolute atomic E-state index is 5.05. The summed E-state index contributed by atoms with van der Waals surface area (Å²) < 4.78 is 4.67. The minimum Gasteiger partial charge on any atom is -0.309 e. The van der Waals surface area contributed by atoms with Gasteiger partial charge in [-0.05, 0) is 88.3 Å². The van der Waals surface area contributed by atoms with Crippen LogP contribution in [0.15, 0.2) is 158 Å². The molecule has 0 atom stereocenters. The minimum atomic E-state index is 0.910. The van der Waals surface area contributed by atoms with Crippen LogP contribution < -0.4 is 0 Å². The van der Waals surface area contributed by atoms with Gasteiger partial charge in [-0.1, -0.05) is 84.9 Å². The third kappa shape index (κ3) is 3.43. The second kappa shape index (κ2) is 9.50. The van der Waals surface area contributed by atoms with E-state index < -0.39 is 0 Å². The van der Waals surface area contributed by atoms with E-state index in [-0.39, 0.29) is 0 Å². The van der Waals surface area contributed by atoms with E-state index >= 15 is 0 Å². The zero-order valence-corrected chi connectivity index (χ0v) is 25.8. The standard InChI is InChI=1S/C44H26N4/c1-2-10-30(11-3-1)47-38-15-6-4-12-31(38)35-23-28(17-19-40(35)47)29-18-20-41-36(24-29)32-13-5-7-16-39(32)48(41)42-25-34-33-14-8-9-27-21-22-45-44(43(27)33)37(34)26-46-42/h1-26H. The Morgan fingerprint density at radius 2 is 1.06 bits per heavy atom. The summed E-state index contributed by atoms with van der Waals surface area (Å²) in [5, 5.41) is 7.36. The van der Waals surface area contributed by atoms with E-state index in [9.17, 15) is 0 Å². The van der Waals surface area contributed by atoms with E-state index in [1.165, 1.54) is 71.3 Å². The molecule has 0 amide bonds. The van der Waals surface area contributed by atoms with E-state index in [1.54, 1.807) is 0 Å². The van der Waals surface area contributed by atoms with Crippen LogP contribution >= 0.6 is 0 Å². The smallest absolute Gasteiger partial charge is 0.138 e. The summed E-state index contributed by atoms with van der Waals surface area (Å²) in [6.07, 6.45) is 3.90. The molecule has 48 heavy (non-hydrogen) atoms. The molecule has 4 aromatic heterocycles. The van der Waals surface area contributed by atoms with Crippen molar-refractivity contribution in [3.05, 3.63) is 158 Å². The second-order valence-electron chi connectivity index (χ2n) is 12.7. The normalized spacial score (nSPS) is 12.2. The molecule has 0 bridgehead atoms. The van der Waals surface area contributed by atoms with Gasteiger partial charge in [0.1, 0.15) is 5.82 Å². The molecule has 11 rings (SSSR count). The SMILES string of the molecule is c1ccc(-n2c3ccccc3c3cc(-c4ccc5c(c4)c4ccccc4n5-c4cc5c(cn4)-c4nccc6cccc-5c46)ccc32)cc1. The molecule has 10 aromatic rings. The largest absolute Gasteiger partial charge is 0.309 e. The van der Waals surface area contributed by atoms with Crippen molar-refractivity contribution < 1.29 is 0 Å². The van der Waals surface area contributed by atoms with Gasteiger partial charge in [0, 0.05) is 50.6 Å². The van der Waals surface area contributed by atoms with Crippen LogP contribution in [0.25, 0.3) is 99.4 Å². The molecule has 0 unspecified atom stereocenters. The van der Waals surface area contributed by atoms with Crippen LogP contribution in [-0.4, -0.2) is 19.1 Å². The van der Waals surface area contributed by atoms with E-state index in [1.807, 2.05) is 12.4 Å². The van der Waals surface area contributed by atoms with Crippen molar-refractivity contribution in [1.29, 1.82) is 0 Å². The van der Waals surface area contributed by atoms with E-state index in [0.717, 1.165) is 28.1 Å². The summed E-state index contributed by atoms with van der Waals surface area (Å²) >= 11 is 0. The predicted molar refractivity (Wildman–Crippen MR) is 198 cm³/mol. The number of benzene rings is 6. The van der Waals surface area contributed by atoms with Gasteiger partial charge in [-0.2, -0.15) is 0 Å². The van der Waals surface area contributed by atoms with Crippen molar-refractivity contribution >= 4 is 54.4 Å². The van der Waals surface area contributed by atoms with Gasteiger partial charge in [0.25, 0.3) is 0 Å². The molecule has 0 spiro atoms. The van der Waals surface area contributed by atoms with Crippen LogP contribution in [0.3, 0.4) is 0 Å². The maximum atomic E-state index is 5.05. The summed E-state index contributed by atoms with van der Waals surface area (Å²) in [7, 11) is 0. The number of aromatic nitrogens is 4. The fourth-order valence-electron chi connectivity index (χ4n) is 8.04. The summed E-state index contributed by atoms with van der Waals surface area (Å²) in [6, 6.07) is 52.6. The van der Waals surface area contributed by atoms with Crippen molar-refractivity contribution in [2.75, 3.05) is 0 Å². The topological polar surface area (TPSA) is 35.6 Å². The third-order valence-electron chi connectivity index (χ3n) is 10.1. The molecule has 0 radical (unpaired) electrons. The molecule has 0 saturated heterocycles. The number of para-hydroxylation sites is 3. The predicted octanol–water partition coefficient (Wildman–Crippen LogP) is 11.1. The Bertz CT molecular complexity index is 2940. The van der Waals surface area contributed by atoms with E-state index in [2.05, 4.69) is 155 Å². The first kappa shape index (κ1) is 25.6. The van der Waals surface area contributed by atoms with Gasteiger partial charge in [0.2, 0.25) is 0 Å². The monoisotopic (exact) mass is 610 g/mol. The van der Waals surface area contributed by atoms with Crippen molar-refractivity contribution in [3.63, 3.8) is 0 Å². The molecule has 0 N–H and O–H groups in total. The number of pyridine rings is 2. The summed E-state index contributed by atoms with van der Waals surface area (Å²) in [5.41, 5.74) is 12.8. The lowest BCUT2D eigenvalue weighted by Crippen LogP contribution is -1.98. The molecule has 0 fully saturated rings. The highest BCUT2D eigenvalue weighted by atomic mass is 15.1. The highest BCUT2D eigenvalue weighted by molar-refractivity contribution is 6.15. The van der Waals surface area contributed by atoms with Crippen LogP contribution in [0.2, 0.25) is 0 Å². The molecule has 222 valence electrons. The van der Waals surface area contributed by atoms with E-state index in [0.29, 0.717) is 0 Å². The Labute approximate surface area is 275 Å². The van der Waals surface area contributed by atoms with Crippen LogP contribution in [0, 0.1) is 0 Å². The van der Waals surface area contributed by atoms with Gasteiger partial charge in [-0.15, -0.1) is 0 Å². The second-order valence-corrected chi connectivity index (χ2v) is 12.7. The first-order valence-corrected chi connectivity index (χ1v) is 16.3. The van der Waals surface area contributed by atoms with Gasteiger partial charge in [0.05, 0.1) is 27.8 Å². The molecule has 6 aromatic carbocycles. The average molecular weight is 611 g/mol. The summed E-state index contributed by atoms with van der Waals surface area (Å²) in [5.74, 6) is 0.910. The lowest BCUT2D eigenvalue weighted by atomic mass is 10.0. The van der Waals surface area contributed by atoms with Gasteiger partial charge < -0.3 is 4.57 Å². The van der Waals surface area contributed by atoms with Gasteiger partial charge in [-0.25, -0.2) is 4.98 Å². The molecule has 0 saturated carbocycles. The lowest BCUT2D eigenvalue weighted by Gasteiger charge is -2.10. The highest BCUT2D eigenvalue weighted by Crippen LogP contribution is 2.46. The van der Waals surface area contributed by atoms with Crippen molar-refractivity contribution in [2.24, 2.45) is 0 Å². The van der Waals surface area contributed by atoms with Gasteiger partial charge >= 0.3 is 0 Å². The highest BCUT2D eigenvalue weighted by Gasteiger charge is 2.24. The van der Waals surface area contributed by atoms with Crippen molar-refractivity contribution in [3.8, 4) is 45.0 Å². The van der Waals surface area contributed by atoms with Gasteiger partial charge in [-0.3, -0.25) is 9.55 Å². The maximum Gasteiger partial charge on any atom is 0.138 e. The molecule has 1 aliphatic rings. The van der Waals surface area contributed by atoms with E-state index in [4.69, 9.17) is 9.97 Å². The molecule has 4 heterocycles. The zero-order chi connectivity index (χ0) is 31.3. The first-order valence-electron chi connectivity index (χ1n) is 16.3. The van der Waals surface area contributed by atoms with Crippen LogP contribution in [0.1, 0.15) is 0 Å². The third-order valence-corrected chi connectivity index (χ3v) is 10.1. The van der Waals surface area contributed by atoms with Crippen LogP contribution in [-0.2, 0) is 0 Å². The Kier molecular flexibility index (Phi) is 5.08. The zero-order valence-electron chi connectivity index (χ0n) is 25.8. The molecule has 4 nitrogen and oxygen atoms in total. The van der Waals surface area contributed by atoms with Crippen LogP contribution in [0.4, 0.5) is 0 Å². The number of nitrogens with zero attached hydrogens (tertiary/aromatic N) is 4. The van der Waals surface area contributed by atoms with Crippen molar-refractivity contribution in [2.45, 2.75) is 0 Å². The number of hydrogen-bond donors (Lipinski definition) is 0. The fraction of sp³-hybridized carbons (Fsp3) is 0. The quantitative estimate of drug-likeness (QED) is 0.199. The molecule has 4 heteroatoms.